The molecule has 3 heteroatoms. The minimum Gasteiger partial charge on any atom is -0.341 e. The fourth-order valence-corrected chi connectivity index (χ4v) is 3.55. The second-order valence-corrected chi connectivity index (χ2v) is 6.64. The van der Waals surface area contributed by atoms with Gasteiger partial charge in [0.25, 0.3) is 0 Å². The molecule has 0 aromatic carbocycles. The second kappa shape index (κ2) is 4.56. The number of hydrogen-bond acceptors (Lipinski definition) is 1. The molecule has 0 aromatic heterocycles. The van der Waals surface area contributed by atoms with Crippen molar-refractivity contribution < 1.29 is 4.79 Å². The van der Waals surface area contributed by atoms with Crippen molar-refractivity contribution in [2.24, 2.45) is 11.3 Å². The number of carbonyl (C=O) groups excluding carboxylic acids is 1. The van der Waals surface area contributed by atoms with Crippen LogP contribution in [0, 0.1) is 11.3 Å². The Hall–Kier alpha value is -0.240. The van der Waals surface area contributed by atoms with Crippen LogP contribution in [0.25, 0.3) is 0 Å². The lowest BCUT2D eigenvalue weighted by Crippen LogP contribution is -2.43. The number of carbonyl (C=O) groups is 1. The molecular formula is C13H22ClNO. The molecule has 1 saturated heterocycles. The van der Waals surface area contributed by atoms with E-state index in [1.54, 1.807) is 0 Å². The molecule has 1 heterocycles. The molecular weight excluding hydrogens is 222 g/mol. The molecule has 1 aliphatic heterocycles. The first-order chi connectivity index (χ1) is 7.51. The summed E-state index contributed by atoms with van der Waals surface area (Å²) in [5.41, 5.74) is 0.421. The molecule has 0 radical (unpaired) electrons. The highest BCUT2D eigenvalue weighted by Crippen LogP contribution is 2.47. The van der Waals surface area contributed by atoms with Gasteiger partial charge in [0.1, 0.15) is 0 Å². The van der Waals surface area contributed by atoms with Gasteiger partial charge in [-0.15, -0.1) is 11.6 Å². The molecule has 1 aliphatic carbocycles. The molecule has 0 spiro atoms. The predicted molar refractivity (Wildman–Crippen MR) is 66.6 cm³/mol. The van der Waals surface area contributed by atoms with E-state index in [0.717, 1.165) is 19.0 Å². The number of hydrogen-bond donors (Lipinski definition) is 0. The third kappa shape index (κ3) is 2.53. The molecule has 2 rings (SSSR count). The van der Waals surface area contributed by atoms with Crippen molar-refractivity contribution in [2.45, 2.75) is 51.3 Å². The van der Waals surface area contributed by atoms with Crippen molar-refractivity contribution in [3.8, 4) is 0 Å². The zero-order valence-corrected chi connectivity index (χ0v) is 11.1. The van der Waals surface area contributed by atoms with Crippen LogP contribution in [0.2, 0.25) is 0 Å². The fourth-order valence-electron chi connectivity index (χ4n) is 3.25. The normalized spacial score (nSPS) is 28.6. The Kier molecular flexibility index (Phi) is 3.48. The quantitative estimate of drug-likeness (QED) is 0.695. The van der Waals surface area contributed by atoms with Crippen LogP contribution in [0.15, 0.2) is 0 Å². The van der Waals surface area contributed by atoms with Crippen LogP contribution in [-0.2, 0) is 4.79 Å². The first-order valence-electron chi connectivity index (χ1n) is 6.43. The molecule has 0 bridgehead atoms. The van der Waals surface area contributed by atoms with Gasteiger partial charge in [-0.25, -0.2) is 0 Å². The van der Waals surface area contributed by atoms with Crippen molar-refractivity contribution in [3.63, 3.8) is 0 Å². The molecule has 92 valence electrons. The van der Waals surface area contributed by atoms with Gasteiger partial charge in [-0.1, -0.05) is 20.3 Å². The van der Waals surface area contributed by atoms with Crippen molar-refractivity contribution in [1.82, 2.24) is 4.90 Å². The molecule has 0 aromatic rings. The summed E-state index contributed by atoms with van der Waals surface area (Å²) in [5, 5.41) is 0.0451. The van der Waals surface area contributed by atoms with Crippen molar-refractivity contribution in [3.05, 3.63) is 0 Å². The van der Waals surface area contributed by atoms with Crippen LogP contribution in [0.5, 0.6) is 0 Å². The summed E-state index contributed by atoms with van der Waals surface area (Å²) in [6.45, 7) is 6.26. The van der Waals surface area contributed by atoms with Gasteiger partial charge in [-0.3, -0.25) is 4.79 Å². The smallest absolute Gasteiger partial charge is 0.224 e. The Bertz CT molecular complexity index is 273. The maximum Gasteiger partial charge on any atom is 0.224 e. The Balaban J connectivity index is 1.94. The third-order valence-corrected chi connectivity index (χ3v) is 4.24. The zero-order valence-electron chi connectivity index (χ0n) is 10.3. The zero-order chi connectivity index (χ0) is 11.8. The Morgan fingerprint density at radius 3 is 2.56 bits per heavy atom. The van der Waals surface area contributed by atoms with E-state index in [0.29, 0.717) is 11.8 Å². The summed E-state index contributed by atoms with van der Waals surface area (Å²) < 4.78 is 0. The molecule has 2 fully saturated rings. The van der Waals surface area contributed by atoms with E-state index in [-0.39, 0.29) is 11.3 Å². The van der Waals surface area contributed by atoms with Crippen LogP contribution >= 0.6 is 11.6 Å². The third-order valence-electron chi connectivity index (χ3n) is 3.95. The van der Waals surface area contributed by atoms with Gasteiger partial charge < -0.3 is 4.90 Å². The van der Waals surface area contributed by atoms with E-state index in [2.05, 4.69) is 13.8 Å². The summed E-state index contributed by atoms with van der Waals surface area (Å²) >= 11 is 6.04. The summed E-state index contributed by atoms with van der Waals surface area (Å²) in [4.78, 5) is 13.7. The van der Waals surface area contributed by atoms with Crippen LogP contribution in [0.4, 0.5) is 0 Å². The van der Waals surface area contributed by atoms with Gasteiger partial charge in [-0.2, -0.15) is 0 Å². The summed E-state index contributed by atoms with van der Waals surface area (Å²) in [5.74, 6) is 0.986. The maximum atomic E-state index is 11.7. The monoisotopic (exact) mass is 243 g/mol. The summed E-state index contributed by atoms with van der Waals surface area (Å²) in [7, 11) is 0. The molecule has 1 saturated carbocycles. The Labute approximate surface area is 103 Å². The van der Waals surface area contributed by atoms with Gasteiger partial charge in [0.2, 0.25) is 5.91 Å². The molecule has 2 aliphatic rings. The molecule has 1 atom stereocenters. The van der Waals surface area contributed by atoms with Crippen molar-refractivity contribution in [2.75, 3.05) is 13.1 Å². The number of halogens is 1. The lowest BCUT2D eigenvalue weighted by molar-refractivity contribution is -0.130. The summed E-state index contributed by atoms with van der Waals surface area (Å²) in [6.07, 6.45) is 5.71. The molecule has 1 unspecified atom stereocenters. The highest BCUT2D eigenvalue weighted by Gasteiger charge is 2.41. The number of likely N-dealkylation sites (tertiary alicyclic amines) is 1. The average Bonchev–Trinajstić information content (AvgIpc) is 2.40. The van der Waals surface area contributed by atoms with Gasteiger partial charge in [0.05, 0.1) is 5.38 Å². The molecule has 2 nitrogen and oxygen atoms in total. The maximum absolute atomic E-state index is 11.7. The lowest BCUT2D eigenvalue weighted by atomic mass is 9.64. The summed E-state index contributed by atoms with van der Waals surface area (Å²) in [6, 6.07) is 0. The van der Waals surface area contributed by atoms with Crippen LogP contribution in [0.1, 0.15) is 46.0 Å². The number of nitrogens with zero attached hydrogens (tertiary/aromatic N) is 1. The van der Waals surface area contributed by atoms with Crippen LogP contribution < -0.4 is 0 Å². The van der Waals surface area contributed by atoms with Crippen molar-refractivity contribution >= 4 is 17.5 Å². The number of alkyl halides is 1. The standard InChI is InChI=1S/C13H22ClNO/c1-10(2)7-13(4-3-5-13)9-15-8-11(14)6-12(15)16/h10-11H,3-9H2,1-2H3. The lowest BCUT2D eigenvalue weighted by Gasteiger charge is -2.45. The van der Waals surface area contributed by atoms with Crippen molar-refractivity contribution in [1.29, 1.82) is 0 Å². The Morgan fingerprint density at radius 2 is 2.19 bits per heavy atom. The van der Waals surface area contributed by atoms with E-state index >= 15 is 0 Å². The average molecular weight is 244 g/mol. The first kappa shape index (κ1) is 12.2. The van der Waals surface area contributed by atoms with E-state index in [9.17, 15) is 4.79 Å². The predicted octanol–water partition coefficient (Wildman–Crippen LogP) is 3.04. The molecule has 16 heavy (non-hydrogen) atoms. The van der Waals surface area contributed by atoms with Crippen LogP contribution in [-0.4, -0.2) is 29.3 Å². The van der Waals surface area contributed by atoms with E-state index in [4.69, 9.17) is 11.6 Å². The highest BCUT2D eigenvalue weighted by atomic mass is 35.5. The minimum absolute atomic E-state index is 0.0451. The first-order valence-corrected chi connectivity index (χ1v) is 6.86. The molecule has 0 N–H and O–H groups in total. The van der Waals surface area contributed by atoms with Gasteiger partial charge in [0, 0.05) is 19.5 Å². The van der Waals surface area contributed by atoms with E-state index < -0.39 is 0 Å². The minimum atomic E-state index is 0.0451. The highest BCUT2D eigenvalue weighted by molar-refractivity contribution is 6.22. The number of amides is 1. The largest absolute Gasteiger partial charge is 0.341 e. The van der Waals surface area contributed by atoms with Gasteiger partial charge >= 0.3 is 0 Å². The van der Waals surface area contributed by atoms with Gasteiger partial charge in [0.15, 0.2) is 0 Å². The number of rotatable bonds is 4. The van der Waals surface area contributed by atoms with E-state index in [1.807, 2.05) is 4.90 Å². The Morgan fingerprint density at radius 1 is 1.50 bits per heavy atom. The second-order valence-electron chi connectivity index (χ2n) is 6.03. The SMILES string of the molecule is CC(C)CC1(CN2CC(Cl)CC2=O)CCC1. The van der Waals surface area contributed by atoms with Gasteiger partial charge in [-0.05, 0) is 30.6 Å². The topological polar surface area (TPSA) is 20.3 Å². The van der Waals surface area contributed by atoms with E-state index in [1.165, 1.54) is 25.7 Å². The van der Waals surface area contributed by atoms with Crippen LogP contribution in [0.3, 0.4) is 0 Å². The molecule has 1 amide bonds. The fraction of sp³-hybridized carbons (Fsp3) is 0.923.